The number of nitrogens with zero attached hydrogens (tertiary/aromatic N) is 1. The van der Waals surface area contributed by atoms with Crippen LogP contribution in [0.5, 0.6) is 5.75 Å². The summed E-state index contributed by atoms with van der Waals surface area (Å²) in [5, 5.41) is 8.14. The summed E-state index contributed by atoms with van der Waals surface area (Å²) in [6, 6.07) is 22.5. The molecule has 37 heavy (non-hydrogen) atoms. The van der Waals surface area contributed by atoms with Crippen LogP contribution in [0.15, 0.2) is 84.4 Å². The highest BCUT2D eigenvalue weighted by Gasteiger charge is 2.13. The molecule has 3 aromatic carbocycles. The van der Waals surface area contributed by atoms with E-state index in [0.29, 0.717) is 35.0 Å². The number of carbonyl (C=O) groups is 2. The zero-order chi connectivity index (χ0) is 26.0. The smallest absolute Gasteiger partial charge is 0.257 e. The first-order chi connectivity index (χ1) is 18.0. The van der Waals surface area contributed by atoms with Crippen LogP contribution in [0, 0.1) is 0 Å². The molecule has 0 aliphatic carbocycles. The van der Waals surface area contributed by atoms with Crippen molar-refractivity contribution in [1.82, 2.24) is 4.98 Å². The Morgan fingerprint density at radius 2 is 1.68 bits per heavy atom. The Morgan fingerprint density at radius 1 is 0.892 bits per heavy atom. The lowest BCUT2D eigenvalue weighted by molar-refractivity contribution is 0.0916. The highest BCUT2D eigenvalue weighted by atomic mass is 32.1. The third kappa shape index (κ3) is 7.73. The fourth-order valence-corrected chi connectivity index (χ4v) is 4.37. The fraction of sp³-hybridized carbons (Fsp3) is 0.207. The number of aromatic nitrogens is 1. The van der Waals surface area contributed by atoms with Gasteiger partial charge in [0, 0.05) is 35.5 Å². The van der Waals surface area contributed by atoms with E-state index in [1.807, 2.05) is 66.9 Å². The van der Waals surface area contributed by atoms with Gasteiger partial charge in [-0.2, -0.15) is 0 Å². The van der Waals surface area contributed by atoms with Crippen molar-refractivity contribution < 1.29 is 19.1 Å². The van der Waals surface area contributed by atoms with E-state index in [4.69, 9.17) is 9.47 Å². The van der Waals surface area contributed by atoms with Gasteiger partial charge in [-0.05, 0) is 73.4 Å². The second kappa shape index (κ2) is 12.8. The Hall–Kier alpha value is -4.01. The largest absolute Gasteiger partial charge is 0.488 e. The Bertz CT molecular complexity index is 1330. The number of hydrogen-bond donors (Lipinski definition) is 2. The minimum Gasteiger partial charge on any atom is -0.488 e. The molecule has 1 aromatic heterocycles. The SMILES string of the molecule is COC[C@H](C)Oc1cc(CCc2cccc(NC(=O)c3ccccc3)c2)cc(C(=O)Nc2nccs2)c1. The summed E-state index contributed by atoms with van der Waals surface area (Å²) in [4.78, 5) is 29.6. The van der Waals surface area contributed by atoms with Crippen molar-refractivity contribution in [3.8, 4) is 5.75 Å². The fourth-order valence-electron chi connectivity index (χ4n) is 3.85. The summed E-state index contributed by atoms with van der Waals surface area (Å²) in [5.41, 5.74) is 3.87. The predicted octanol–water partition coefficient (Wildman–Crippen LogP) is 5.85. The molecule has 1 atom stereocenters. The van der Waals surface area contributed by atoms with Crippen LogP contribution in [-0.2, 0) is 17.6 Å². The number of nitrogens with one attached hydrogen (secondary N) is 2. The molecule has 0 saturated carbocycles. The lowest BCUT2D eigenvalue weighted by atomic mass is 10.0. The van der Waals surface area contributed by atoms with E-state index in [2.05, 4.69) is 15.6 Å². The molecule has 4 aromatic rings. The van der Waals surface area contributed by atoms with E-state index in [9.17, 15) is 9.59 Å². The molecule has 1 heterocycles. The molecule has 2 N–H and O–H groups in total. The van der Waals surface area contributed by atoms with Crippen LogP contribution in [0.25, 0.3) is 0 Å². The number of thiazole rings is 1. The molecule has 0 radical (unpaired) electrons. The number of rotatable bonds is 11. The molecule has 4 rings (SSSR count). The van der Waals surface area contributed by atoms with Gasteiger partial charge in [-0.25, -0.2) is 4.98 Å². The molecule has 0 unspecified atom stereocenters. The summed E-state index contributed by atoms with van der Waals surface area (Å²) >= 11 is 1.36. The van der Waals surface area contributed by atoms with Crippen molar-refractivity contribution in [2.45, 2.75) is 25.9 Å². The molecular formula is C29H29N3O4S. The summed E-state index contributed by atoms with van der Waals surface area (Å²) in [5.74, 6) is 0.213. The van der Waals surface area contributed by atoms with Crippen molar-refractivity contribution in [1.29, 1.82) is 0 Å². The summed E-state index contributed by atoms with van der Waals surface area (Å²) < 4.78 is 11.2. The van der Waals surface area contributed by atoms with Gasteiger partial charge in [0.25, 0.3) is 11.8 Å². The maximum Gasteiger partial charge on any atom is 0.257 e. The number of hydrogen-bond acceptors (Lipinski definition) is 6. The summed E-state index contributed by atoms with van der Waals surface area (Å²) in [6.07, 6.45) is 2.89. The van der Waals surface area contributed by atoms with Gasteiger partial charge in [0.2, 0.25) is 0 Å². The molecule has 0 saturated heterocycles. The molecule has 8 heteroatoms. The van der Waals surface area contributed by atoms with E-state index >= 15 is 0 Å². The van der Waals surface area contributed by atoms with Crippen LogP contribution in [0.3, 0.4) is 0 Å². The molecule has 0 fully saturated rings. The first kappa shape index (κ1) is 26.1. The second-order valence-corrected chi connectivity index (χ2v) is 9.46. The normalized spacial score (nSPS) is 11.5. The van der Waals surface area contributed by atoms with Gasteiger partial charge in [0.15, 0.2) is 5.13 Å². The van der Waals surface area contributed by atoms with Gasteiger partial charge in [0.1, 0.15) is 11.9 Å². The van der Waals surface area contributed by atoms with Crippen molar-refractivity contribution in [3.63, 3.8) is 0 Å². The molecule has 0 aliphatic heterocycles. The van der Waals surface area contributed by atoms with Crippen molar-refractivity contribution in [2.75, 3.05) is 24.4 Å². The summed E-state index contributed by atoms with van der Waals surface area (Å²) in [6.45, 7) is 2.35. The number of benzene rings is 3. The molecule has 7 nitrogen and oxygen atoms in total. The number of carbonyl (C=O) groups excluding carboxylic acids is 2. The summed E-state index contributed by atoms with van der Waals surface area (Å²) in [7, 11) is 1.62. The van der Waals surface area contributed by atoms with Gasteiger partial charge in [-0.1, -0.05) is 30.3 Å². The average molecular weight is 516 g/mol. The number of methoxy groups -OCH3 is 1. The molecule has 0 aliphatic rings. The second-order valence-electron chi connectivity index (χ2n) is 8.56. The monoisotopic (exact) mass is 515 g/mol. The van der Waals surface area contributed by atoms with E-state index in [1.165, 1.54) is 11.3 Å². The van der Waals surface area contributed by atoms with E-state index < -0.39 is 0 Å². The zero-order valence-corrected chi connectivity index (χ0v) is 21.6. The van der Waals surface area contributed by atoms with Crippen molar-refractivity contribution >= 4 is 34.0 Å². The number of ether oxygens (including phenoxy) is 2. The topological polar surface area (TPSA) is 89.5 Å². The predicted molar refractivity (Wildman–Crippen MR) is 147 cm³/mol. The number of anilines is 2. The van der Waals surface area contributed by atoms with Crippen LogP contribution < -0.4 is 15.4 Å². The standard InChI is InChI=1S/C29H29N3O4S/c1-20(19-35-2)36-26-17-22(15-24(18-26)28(34)32-29-30-13-14-37-29)12-11-21-7-6-10-25(16-21)31-27(33)23-8-4-3-5-9-23/h3-10,13-18,20H,11-12,19H2,1-2H3,(H,31,33)(H,30,32,34)/t20-/m0/s1. The zero-order valence-electron chi connectivity index (χ0n) is 20.8. The molecular weight excluding hydrogens is 486 g/mol. The quantitative estimate of drug-likeness (QED) is 0.262. The van der Waals surface area contributed by atoms with Crippen molar-refractivity contribution in [3.05, 3.63) is 107 Å². The van der Waals surface area contributed by atoms with Gasteiger partial charge in [0.05, 0.1) is 6.61 Å². The van der Waals surface area contributed by atoms with E-state index in [-0.39, 0.29) is 17.9 Å². The number of aryl methyl sites for hydroxylation is 2. The van der Waals surface area contributed by atoms with Gasteiger partial charge >= 0.3 is 0 Å². The molecule has 190 valence electrons. The number of amides is 2. The van der Waals surface area contributed by atoms with Crippen LogP contribution in [0.4, 0.5) is 10.8 Å². The van der Waals surface area contributed by atoms with Crippen molar-refractivity contribution in [2.24, 2.45) is 0 Å². The Morgan fingerprint density at radius 3 is 2.43 bits per heavy atom. The molecule has 2 amide bonds. The lowest BCUT2D eigenvalue weighted by Crippen LogP contribution is -2.19. The van der Waals surface area contributed by atoms with Crippen LogP contribution >= 0.6 is 11.3 Å². The minimum atomic E-state index is -0.244. The maximum atomic E-state index is 12.9. The third-order valence-electron chi connectivity index (χ3n) is 5.54. The molecule has 0 bridgehead atoms. The Labute approximate surface area is 220 Å². The van der Waals surface area contributed by atoms with Crippen LogP contribution in [0.2, 0.25) is 0 Å². The van der Waals surface area contributed by atoms with E-state index in [1.54, 1.807) is 31.5 Å². The average Bonchev–Trinajstić information content (AvgIpc) is 3.41. The van der Waals surface area contributed by atoms with Gasteiger partial charge in [-0.3, -0.25) is 14.9 Å². The first-order valence-electron chi connectivity index (χ1n) is 12.0. The first-order valence-corrected chi connectivity index (χ1v) is 12.8. The van der Waals surface area contributed by atoms with Crippen LogP contribution in [0.1, 0.15) is 38.8 Å². The van der Waals surface area contributed by atoms with Gasteiger partial charge < -0.3 is 14.8 Å². The Kier molecular flexibility index (Phi) is 9.02. The molecule has 0 spiro atoms. The maximum absolute atomic E-state index is 12.9. The minimum absolute atomic E-state index is 0.149. The lowest BCUT2D eigenvalue weighted by Gasteiger charge is -2.16. The third-order valence-corrected chi connectivity index (χ3v) is 6.23. The highest BCUT2D eigenvalue weighted by Crippen LogP contribution is 2.23. The van der Waals surface area contributed by atoms with Crippen LogP contribution in [-0.4, -0.2) is 36.6 Å². The Balaban J connectivity index is 1.48. The van der Waals surface area contributed by atoms with E-state index in [0.717, 1.165) is 23.2 Å². The van der Waals surface area contributed by atoms with Gasteiger partial charge in [-0.15, -0.1) is 11.3 Å². The highest BCUT2D eigenvalue weighted by molar-refractivity contribution is 7.13.